The molecule has 4 saturated heterocycles. The Hall–Kier alpha value is -4.31. The van der Waals surface area contributed by atoms with Crippen molar-refractivity contribution < 1.29 is 14.6 Å². The molecule has 2 bridgehead atoms. The molecule has 44 heavy (non-hydrogen) atoms. The number of ether oxygens (including phenoxy) is 1. The lowest BCUT2D eigenvalue weighted by molar-refractivity contribution is -0.118. The van der Waals surface area contributed by atoms with Crippen molar-refractivity contribution in [1.82, 2.24) is 15.2 Å². The number of piperazine rings is 1. The van der Waals surface area contributed by atoms with Crippen LogP contribution in [-0.2, 0) is 17.8 Å². The van der Waals surface area contributed by atoms with E-state index in [1.165, 1.54) is 0 Å². The number of carbonyl (C=O) groups excluding carboxylic acids is 1. The van der Waals surface area contributed by atoms with Crippen molar-refractivity contribution in [3.63, 3.8) is 0 Å². The maximum absolute atomic E-state index is 14.0. The minimum atomic E-state index is -0.124. The fourth-order valence-electron chi connectivity index (χ4n) is 8.58. The van der Waals surface area contributed by atoms with Crippen molar-refractivity contribution in [3.8, 4) is 30.0 Å². The molecule has 6 heterocycles. The monoisotopic (exact) mass is 588 g/mol. The molecule has 9 nitrogen and oxygen atoms in total. The first-order chi connectivity index (χ1) is 21.5. The molecule has 8 rings (SSSR count). The van der Waals surface area contributed by atoms with Gasteiger partial charge in [0, 0.05) is 47.8 Å². The van der Waals surface area contributed by atoms with Gasteiger partial charge in [-0.05, 0) is 69.1 Å². The number of phenolic OH excluding ortho intramolecular Hbond substituents is 1. The molecular formula is C35H36N6O3. The Labute approximate surface area is 257 Å². The van der Waals surface area contributed by atoms with Crippen molar-refractivity contribution in [2.75, 3.05) is 42.6 Å². The van der Waals surface area contributed by atoms with E-state index in [1.807, 2.05) is 18.2 Å². The molecule has 2 atom stereocenters. The molecule has 3 aromatic rings. The summed E-state index contributed by atoms with van der Waals surface area (Å²) in [6.07, 6.45) is 12.7. The Balaban J connectivity index is 1.24. The Morgan fingerprint density at radius 3 is 2.66 bits per heavy atom. The van der Waals surface area contributed by atoms with E-state index in [0.717, 1.165) is 92.4 Å². The van der Waals surface area contributed by atoms with Gasteiger partial charge in [0.1, 0.15) is 24.0 Å². The number of fused-ring (bicyclic) bond motifs is 5. The van der Waals surface area contributed by atoms with E-state index in [-0.39, 0.29) is 30.2 Å². The molecule has 0 aliphatic carbocycles. The number of terminal acetylenes is 1. The maximum atomic E-state index is 14.0. The van der Waals surface area contributed by atoms with Gasteiger partial charge < -0.3 is 25.0 Å². The number of amides is 1. The van der Waals surface area contributed by atoms with Gasteiger partial charge in [-0.25, -0.2) is 4.98 Å². The number of phenols is 1. The van der Waals surface area contributed by atoms with E-state index < -0.39 is 0 Å². The Morgan fingerprint density at radius 2 is 1.93 bits per heavy atom. The third kappa shape index (κ3) is 4.29. The van der Waals surface area contributed by atoms with Gasteiger partial charge in [-0.2, -0.15) is 5.26 Å². The minimum Gasteiger partial charge on any atom is -0.508 e. The molecule has 2 unspecified atom stereocenters. The van der Waals surface area contributed by atoms with Gasteiger partial charge >= 0.3 is 0 Å². The van der Waals surface area contributed by atoms with Gasteiger partial charge in [0.05, 0.1) is 35.6 Å². The van der Waals surface area contributed by atoms with Gasteiger partial charge in [-0.3, -0.25) is 9.69 Å². The van der Waals surface area contributed by atoms with E-state index in [1.54, 1.807) is 17.0 Å². The summed E-state index contributed by atoms with van der Waals surface area (Å²) >= 11 is 0. The van der Waals surface area contributed by atoms with Crippen molar-refractivity contribution in [1.29, 1.82) is 5.26 Å². The summed E-state index contributed by atoms with van der Waals surface area (Å²) in [6.45, 7) is 4.44. The van der Waals surface area contributed by atoms with E-state index in [4.69, 9.17) is 16.1 Å². The van der Waals surface area contributed by atoms with Crippen LogP contribution in [0, 0.1) is 23.7 Å². The molecule has 5 aliphatic rings. The number of hydrogen-bond acceptors (Lipinski definition) is 8. The van der Waals surface area contributed by atoms with Crippen LogP contribution in [0.1, 0.15) is 60.9 Å². The number of hydrogen-bond donors (Lipinski definition) is 2. The second-order valence-electron chi connectivity index (χ2n) is 13.1. The quantitative estimate of drug-likeness (QED) is 0.434. The lowest BCUT2D eigenvalue weighted by Crippen LogP contribution is -2.52. The van der Waals surface area contributed by atoms with Gasteiger partial charge in [0.2, 0.25) is 11.8 Å². The molecular weight excluding hydrogens is 552 g/mol. The number of aromatic hydroxyl groups is 1. The number of rotatable bonds is 5. The first-order valence-electron chi connectivity index (χ1n) is 15.8. The average Bonchev–Trinajstić information content (AvgIpc) is 3.71. The molecule has 0 spiro atoms. The maximum Gasteiger partial charge on any atom is 0.234 e. The van der Waals surface area contributed by atoms with Gasteiger partial charge in [-0.15, -0.1) is 6.42 Å². The molecule has 4 fully saturated rings. The zero-order chi connectivity index (χ0) is 30.0. The topological polar surface area (TPSA) is 105 Å². The number of pyridine rings is 1. The Kier molecular flexibility index (Phi) is 6.44. The lowest BCUT2D eigenvalue weighted by Gasteiger charge is -2.39. The van der Waals surface area contributed by atoms with E-state index in [9.17, 15) is 15.2 Å². The highest BCUT2D eigenvalue weighted by Gasteiger charge is 2.45. The van der Waals surface area contributed by atoms with Gasteiger partial charge in [0.15, 0.2) is 0 Å². The first kappa shape index (κ1) is 27.3. The predicted molar refractivity (Wildman–Crippen MR) is 168 cm³/mol. The lowest BCUT2D eigenvalue weighted by atomic mass is 9.94. The Morgan fingerprint density at radius 1 is 1.16 bits per heavy atom. The van der Waals surface area contributed by atoms with Crippen molar-refractivity contribution in [3.05, 3.63) is 52.7 Å². The SMILES string of the molecule is C#Cc1cccc2cc(O)cc(N3Cc4nc(OCC56CCCN5CCC6)c(C#N)c(N5CC6CCC(C5)N6)c4CC3=O)c12. The van der Waals surface area contributed by atoms with Gasteiger partial charge in [0.25, 0.3) is 0 Å². The van der Waals surface area contributed by atoms with Crippen LogP contribution in [0.5, 0.6) is 11.6 Å². The van der Waals surface area contributed by atoms with Crippen LogP contribution in [0.4, 0.5) is 11.4 Å². The molecule has 9 heteroatoms. The number of benzene rings is 2. The molecule has 0 radical (unpaired) electrons. The smallest absolute Gasteiger partial charge is 0.234 e. The number of anilines is 2. The molecule has 0 saturated carbocycles. The molecule has 224 valence electrons. The van der Waals surface area contributed by atoms with Crippen LogP contribution >= 0.6 is 0 Å². The second kappa shape index (κ2) is 10.4. The summed E-state index contributed by atoms with van der Waals surface area (Å²) in [5.74, 6) is 3.04. The number of nitriles is 1. The number of nitrogens with zero attached hydrogens (tertiary/aromatic N) is 5. The minimum absolute atomic E-state index is 0.00668. The van der Waals surface area contributed by atoms with Gasteiger partial charge in [-0.1, -0.05) is 18.1 Å². The summed E-state index contributed by atoms with van der Waals surface area (Å²) < 4.78 is 6.59. The van der Waals surface area contributed by atoms with Crippen LogP contribution in [0.25, 0.3) is 10.8 Å². The van der Waals surface area contributed by atoms with Crippen molar-refractivity contribution >= 4 is 28.1 Å². The molecule has 1 amide bonds. The van der Waals surface area contributed by atoms with E-state index in [0.29, 0.717) is 41.4 Å². The predicted octanol–water partition coefficient (Wildman–Crippen LogP) is 3.83. The standard InChI is InChI=1S/C35H36N6O3/c1-2-22-6-3-7-23-14-26(42)15-30(32(22)23)41-20-29-27(16-31(41)43)33(39-18-24-8-9-25(19-39)37-24)28(17-36)34(38-29)44-21-35-10-4-12-40(35)13-5-11-35/h1,3,6-7,14-15,24-25,37,42H,4-5,8-13,16,18-21H2. The molecule has 2 aromatic carbocycles. The van der Waals surface area contributed by atoms with Crippen LogP contribution in [0.3, 0.4) is 0 Å². The summed E-state index contributed by atoms with van der Waals surface area (Å²) in [7, 11) is 0. The number of carbonyl (C=O) groups is 1. The summed E-state index contributed by atoms with van der Waals surface area (Å²) in [5.41, 5.74) is 3.99. The van der Waals surface area contributed by atoms with E-state index in [2.05, 4.69) is 27.1 Å². The first-order valence-corrected chi connectivity index (χ1v) is 15.8. The Bertz CT molecular complexity index is 1750. The molecule has 5 aliphatic heterocycles. The van der Waals surface area contributed by atoms with E-state index >= 15 is 0 Å². The third-order valence-electron chi connectivity index (χ3n) is 10.6. The van der Waals surface area contributed by atoms with Crippen LogP contribution in [0.2, 0.25) is 0 Å². The zero-order valence-corrected chi connectivity index (χ0v) is 24.8. The summed E-state index contributed by atoms with van der Waals surface area (Å²) in [4.78, 5) is 25.5. The van der Waals surface area contributed by atoms with Crippen LogP contribution in [-0.4, -0.2) is 71.3 Å². The van der Waals surface area contributed by atoms with Crippen LogP contribution < -0.4 is 19.9 Å². The molecule has 2 N–H and O–H groups in total. The fraction of sp³-hybridized carbons (Fsp3) is 0.457. The number of nitrogens with one attached hydrogen (secondary N) is 1. The second-order valence-corrected chi connectivity index (χ2v) is 13.1. The molecule has 1 aromatic heterocycles. The average molecular weight is 589 g/mol. The highest BCUT2D eigenvalue weighted by atomic mass is 16.5. The highest BCUT2D eigenvalue weighted by Crippen LogP contribution is 2.43. The van der Waals surface area contributed by atoms with Crippen molar-refractivity contribution in [2.24, 2.45) is 0 Å². The summed E-state index contributed by atoms with van der Waals surface area (Å²) in [5, 5.41) is 26.4. The zero-order valence-electron chi connectivity index (χ0n) is 24.8. The van der Waals surface area contributed by atoms with Crippen LogP contribution in [0.15, 0.2) is 30.3 Å². The van der Waals surface area contributed by atoms with Crippen molar-refractivity contribution in [2.45, 2.75) is 69.1 Å². The summed E-state index contributed by atoms with van der Waals surface area (Å²) in [6, 6.07) is 12.0. The normalized spacial score (nSPS) is 23.8. The fourth-order valence-corrected chi connectivity index (χ4v) is 8.58. The third-order valence-corrected chi connectivity index (χ3v) is 10.6. The largest absolute Gasteiger partial charge is 0.508 e. The number of aromatic nitrogens is 1. The highest BCUT2D eigenvalue weighted by molar-refractivity contribution is 6.08.